The fourth-order valence-electron chi connectivity index (χ4n) is 11.8. The maximum absolute atomic E-state index is 13.0. The van der Waals surface area contributed by atoms with Crippen LogP contribution in [0.25, 0.3) is 10.9 Å². The van der Waals surface area contributed by atoms with Gasteiger partial charge in [0.25, 0.3) is 0 Å². The topological polar surface area (TPSA) is 149 Å². The van der Waals surface area contributed by atoms with E-state index < -0.39 is 29.7 Å². The smallest absolute Gasteiger partial charge is 0.341 e. The molecule has 5 unspecified atom stereocenters. The predicted molar refractivity (Wildman–Crippen MR) is 207 cm³/mol. The number of pyridine rings is 1. The zero-order valence-electron chi connectivity index (χ0n) is 32.3. The summed E-state index contributed by atoms with van der Waals surface area (Å²) >= 11 is 0. The van der Waals surface area contributed by atoms with E-state index in [1.807, 2.05) is 48.5 Å². The van der Waals surface area contributed by atoms with Crippen molar-refractivity contribution in [3.8, 4) is 11.8 Å². The number of aromatic nitrogens is 1. The maximum Gasteiger partial charge on any atom is 0.341 e. The van der Waals surface area contributed by atoms with Crippen LogP contribution in [0.3, 0.4) is 0 Å². The van der Waals surface area contributed by atoms with Gasteiger partial charge >= 0.3 is 11.9 Å². The summed E-state index contributed by atoms with van der Waals surface area (Å²) < 4.78 is 5.15. The van der Waals surface area contributed by atoms with Gasteiger partial charge in [-0.3, -0.25) is 9.78 Å². The number of benzene rings is 2. The molecule has 3 aromatic rings. The predicted octanol–water partition coefficient (Wildman–Crippen LogP) is 7.13. The van der Waals surface area contributed by atoms with E-state index in [1.54, 1.807) is 6.92 Å². The van der Waals surface area contributed by atoms with E-state index in [-0.39, 0.29) is 52.8 Å². The Kier molecular flexibility index (Phi) is 10.4. The Hall–Kier alpha value is -3.97. The molecular weight excluding hydrogens is 681 g/mol. The van der Waals surface area contributed by atoms with Crippen molar-refractivity contribution in [3.05, 3.63) is 70.9 Å². The van der Waals surface area contributed by atoms with E-state index >= 15 is 0 Å². The van der Waals surface area contributed by atoms with Crippen molar-refractivity contribution >= 4 is 28.5 Å². The first-order chi connectivity index (χ1) is 25.7. The molecule has 11 atom stereocenters. The van der Waals surface area contributed by atoms with Gasteiger partial charge in [0.15, 0.2) is 0 Å². The number of carbonyl (C=O) groups excluding carboxylic acids is 1. The van der Waals surface area contributed by atoms with Crippen LogP contribution in [0, 0.1) is 65.1 Å². The first kappa shape index (κ1) is 38.3. The van der Waals surface area contributed by atoms with E-state index in [9.17, 15) is 30.0 Å². The molecule has 0 amide bonds. The number of aliphatic hydroxyl groups is 3. The average Bonchev–Trinajstić information content (AvgIpc) is 3.51. The van der Waals surface area contributed by atoms with Gasteiger partial charge in [0, 0.05) is 23.9 Å². The molecule has 0 bridgehead atoms. The molecule has 4 aliphatic rings. The number of methoxy groups -OCH3 is 1. The minimum absolute atomic E-state index is 0.0465. The number of nitrogens with zero attached hydrogens (tertiary/aromatic N) is 1. The van der Waals surface area contributed by atoms with E-state index in [0.717, 1.165) is 30.2 Å². The summed E-state index contributed by atoms with van der Waals surface area (Å²) in [5.74, 6) is 6.09. The standard InChI is InChI=1S/C45H56N2O7/c1-26(11-16-38(50)51)32-13-14-33-40-34(23-37(49)44(32,33)4)43(3)19-20-45(53,24-30(43)22-36(40)48)18-17-28-12-15-35-31(21-28)41(39(27(2)47-35)42(52)54-5)46-25-29-9-7-6-8-10-29/h6-10,12,15,21,26,30,32-34,36-37,40,48-49,53H,11,13-14,16,19-20,22-25H2,1-5H3,(H,46,47)(H,50,51)/t26-,30?,32-,33?,34?,36?,37+,40?,43+,44-,45-/m1/s1. The van der Waals surface area contributed by atoms with Crippen molar-refractivity contribution in [2.45, 2.75) is 110 Å². The average molecular weight is 737 g/mol. The van der Waals surface area contributed by atoms with Crippen molar-refractivity contribution in [2.75, 3.05) is 12.4 Å². The molecule has 0 aliphatic heterocycles. The number of carboxylic acid groups (broad SMARTS) is 1. The number of aliphatic hydroxyl groups excluding tert-OH is 2. The van der Waals surface area contributed by atoms with Gasteiger partial charge < -0.3 is 30.5 Å². The number of nitrogens with one attached hydrogen (secondary N) is 1. The molecule has 2 aromatic carbocycles. The van der Waals surface area contributed by atoms with Gasteiger partial charge in [-0.1, -0.05) is 62.9 Å². The van der Waals surface area contributed by atoms with Crippen LogP contribution in [-0.4, -0.2) is 62.3 Å². The highest BCUT2D eigenvalue weighted by molar-refractivity contribution is 6.06. The fourth-order valence-corrected chi connectivity index (χ4v) is 11.8. The van der Waals surface area contributed by atoms with E-state index in [2.05, 4.69) is 37.9 Å². The van der Waals surface area contributed by atoms with Crippen molar-refractivity contribution in [2.24, 2.45) is 46.3 Å². The summed E-state index contributed by atoms with van der Waals surface area (Å²) in [5.41, 5.74) is 2.30. The van der Waals surface area contributed by atoms with E-state index in [1.165, 1.54) is 7.11 Å². The SMILES string of the molecule is COC(=O)c1c(C)nc2ccc(C#C[C@@]3(O)CC[C@@]4(C)C(CC(O)C5C4C[C@H](O)[C@@]4(C)C5CC[C@@H]4[C@H](C)CCC(=O)O)C3)cc2c1NCc1ccccc1. The molecule has 0 radical (unpaired) electrons. The Labute approximate surface area is 318 Å². The Balaban J connectivity index is 1.13. The summed E-state index contributed by atoms with van der Waals surface area (Å²) in [5, 5.41) is 49.4. The number of carbonyl (C=O) groups is 2. The summed E-state index contributed by atoms with van der Waals surface area (Å²) in [6, 6.07) is 15.6. The van der Waals surface area contributed by atoms with Crippen LogP contribution in [0.2, 0.25) is 0 Å². The third-order valence-corrected chi connectivity index (χ3v) is 14.7. The molecule has 9 nitrogen and oxygen atoms in total. The third kappa shape index (κ3) is 6.69. The molecule has 7 rings (SSSR count). The second-order valence-corrected chi connectivity index (χ2v) is 17.5. The number of esters is 1. The van der Waals surface area contributed by atoms with Gasteiger partial charge in [0.1, 0.15) is 11.2 Å². The van der Waals surface area contributed by atoms with Gasteiger partial charge in [-0.05, 0) is 128 Å². The summed E-state index contributed by atoms with van der Waals surface area (Å²) in [6.07, 6.45) is 4.49. The van der Waals surface area contributed by atoms with Crippen molar-refractivity contribution in [1.29, 1.82) is 0 Å². The quantitative estimate of drug-likeness (QED) is 0.120. The molecule has 0 spiro atoms. The molecule has 4 aliphatic carbocycles. The van der Waals surface area contributed by atoms with E-state index in [4.69, 9.17) is 9.72 Å². The van der Waals surface area contributed by atoms with Crippen LogP contribution in [0.4, 0.5) is 5.69 Å². The van der Waals surface area contributed by atoms with E-state index in [0.29, 0.717) is 66.7 Å². The monoisotopic (exact) mass is 736 g/mol. The number of aliphatic carboxylic acids is 1. The van der Waals surface area contributed by atoms with Gasteiger partial charge in [0.2, 0.25) is 0 Å². The summed E-state index contributed by atoms with van der Waals surface area (Å²) in [4.78, 5) is 29.0. The number of hydrogen-bond donors (Lipinski definition) is 5. The zero-order valence-corrected chi connectivity index (χ0v) is 32.3. The summed E-state index contributed by atoms with van der Waals surface area (Å²) in [7, 11) is 1.36. The zero-order chi connectivity index (χ0) is 38.6. The lowest BCUT2D eigenvalue weighted by Crippen LogP contribution is -2.63. The van der Waals surface area contributed by atoms with Gasteiger partial charge in [-0.15, -0.1) is 0 Å². The molecule has 1 heterocycles. The first-order valence-electron chi connectivity index (χ1n) is 19.8. The normalized spacial score (nSPS) is 34.8. The van der Waals surface area contributed by atoms with Crippen molar-refractivity contribution < 1.29 is 34.8 Å². The molecule has 4 saturated carbocycles. The minimum Gasteiger partial charge on any atom is -0.481 e. The Morgan fingerprint density at radius 1 is 1.06 bits per heavy atom. The van der Waals surface area contributed by atoms with Crippen LogP contribution in [0.5, 0.6) is 0 Å². The number of ether oxygens (including phenoxy) is 1. The van der Waals surface area contributed by atoms with Crippen LogP contribution < -0.4 is 5.32 Å². The largest absolute Gasteiger partial charge is 0.481 e. The summed E-state index contributed by atoms with van der Waals surface area (Å²) in [6.45, 7) is 8.94. The molecule has 288 valence electrons. The van der Waals surface area contributed by atoms with Crippen molar-refractivity contribution in [1.82, 2.24) is 4.98 Å². The number of aryl methyl sites for hydroxylation is 1. The molecule has 1 aromatic heterocycles. The molecule has 54 heavy (non-hydrogen) atoms. The Bertz CT molecular complexity index is 1970. The molecular formula is C45H56N2O7. The van der Waals surface area contributed by atoms with Crippen LogP contribution in [0.15, 0.2) is 48.5 Å². The molecule has 5 N–H and O–H groups in total. The third-order valence-electron chi connectivity index (χ3n) is 14.7. The Morgan fingerprint density at radius 3 is 2.54 bits per heavy atom. The van der Waals surface area contributed by atoms with Crippen LogP contribution in [0.1, 0.15) is 106 Å². The number of carboxylic acids is 1. The van der Waals surface area contributed by atoms with Crippen molar-refractivity contribution in [3.63, 3.8) is 0 Å². The van der Waals surface area contributed by atoms with Crippen LogP contribution in [-0.2, 0) is 16.1 Å². The Morgan fingerprint density at radius 2 is 1.81 bits per heavy atom. The van der Waals surface area contributed by atoms with Crippen LogP contribution >= 0.6 is 0 Å². The second-order valence-electron chi connectivity index (χ2n) is 17.5. The first-order valence-corrected chi connectivity index (χ1v) is 19.8. The van der Waals surface area contributed by atoms with Gasteiger partial charge in [-0.25, -0.2) is 4.79 Å². The number of fused-ring (bicyclic) bond motifs is 6. The molecule has 4 fully saturated rings. The minimum atomic E-state index is -1.23. The molecule has 0 saturated heterocycles. The fraction of sp³-hybridized carbons (Fsp3) is 0.578. The van der Waals surface area contributed by atoms with Gasteiger partial charge in [-0.2, -0.15) is 0 Å². The second kappa shape index (κ2) is 14.6. The lowest BCUT2D eigenvalue weighted by atomic mass is 9.42. The highest BCUT2D eigenvalue weighted by Crippen LogP contribution is 2.69. The maximum atomic E-state index is 13.0. The van der Waals surface area contributed by atoms with Gasteiger partial charge in [0.05, 0.1) is 36.2 Å². The molecule has 9 heteroatoms. The lowest BCUT2D eigenvalue weighted by Gasteiger charge is -2.64. The highest BCUT2D eigenvalue weighted by Gasteiger charge is 2.66. The highest BCUT2D eigenvalue weighted by atomic mass is 16.5. The number of hydrogen-bond acceptors (Lipinski definition) is 8. The number of anilines is 1. The lowest BCUT2D eigenvalue weighted by molar-refractivity contribution is -0.211. The number of rotatable bonds is 8.